The maximum atomic E-state index is 13.5. The molecule has 0 N–H and O–H groups in total. The fraction of sp³-hybridized carbons (Fsp3) is 0.263. The van der Waals surface area contributed by atoms with Gasteiger partial charge < -0.3 is 4.90 Å². The molecule has 1 aromatic carbocycles. The molecule has 0 aliphatic carbocycles. The summed E-state index contributed by atoms with van der Waals surface area (Å²) in [5, 5.41) is 0.366. The van der Waals surface area contributed by atoms with E-state index in [0.29, 0.717) is 27.9 Å². The lowest BCUT2D eigenvalue weighted by atomic mass is 10.2. The molecule has 0 atom stereocenters. The molecule has 3 aromatic rings. The summed E-state index contributed by atoms with van der Waals surface area (Å²) in [5.74, 6) is -0.646. The minimum absolute atomic E-state index is 0.281. The van der Waals surface area contributed by atoms with E-state index in [1.165, 1.54) is 0 Å². The molecular weight excluding hydrogens is 372 g/mol. The number of benzene rings is 1. The Morgan fingerprint density at radius 1 is 0.926 bits per heavy atom. The van der Waals surface area contributed by atoms with Gasteiger partial charge in [0.1, 0.15) is 11.0 Å². The third-order valence-corrected chi connectivity index (χ3v) is 4.63. The van der Waals surface area contributed by atoms with Crippen LogP contribution in [-0.4, -0.2) is 33.0 Å². The number of nitrogens with zero attached hydrogens (tertiary/aromatic N) is 5. The predicted molar refractivity (Wildman–Crippen MR) is 102 cm³/mol. The topological polar surface area (TPSA) is 54.8 Å². The van der Waals surface area contributed by atoms with Crippen molar-refractivity contribution in [2.24, 2.45) is 0 Å². The van der Waals surface area contributed by atoms with Gasteiger partial charge >= 0.3 is 0 Å². The first kappa shape index (κ1) is 17.7. The Kier molecular flexibility index (Phi) is 4.70. The molecule has 4 rings (SSSR count). The zero-order valence-electron chi connectivity index (χ0n) is 14.6. The van der Waals surface area contributed by atoms with Gasteiger partial charge in [0.15, 0.2) is 17.5 Å². The van der Waals surface area contributed by atoms with Crippen molar-refractivity contribution < 1.29 is 8.78 Å². The van der Waals surface area contributed by atoms with Crippen LogP contribution in [0.1, 0.15) is 30.1 Å². The summed E-state index contributed by atoms with van der Waals surface area (Å²) in [4.78, 5) is 19.6. The van der Waals surface area contributed by atoms with E-state index < -0.39 is 11.6 Å². The van der Waals surface area contributed by atoms with Crippen LogP contribution in [0.3, 0.4) is 0 Å². The van der Waals surface area contributed by atoms with Crippen LogP contribution in [-0.2, 0) is 0 Å². The molecule has 0 bridgehead atoms. The van der Waals surface area contributed by atoms with E-state index in [2.05, 4.69) is 24.8 Å². The summed E-state index contributed by atoms with van der Waals surface area (Å²) in [6, 6.07) is 3.83. The maximum Gasteiger partial charge on any atom is 0.161 e. The Morgan fingerprint density at radius 2 is 1.59 bits per heavy atom. The molecule has 1 aliphatic rings. The molecule has 1 aliphatic heterocycles. The molecule has 8 heteroatoms. The molecule has 1 saturated heterocycles. The van der Waals surface area contributed by atoms with Crippen molar-refractivity contribution in [2.75, 3.05) is 18.0 Å². The van der Waals surface area contributed by atoms with E-state index in [-0.39, 0.29) is 5.52 Å². The average molecular weight is 388 g/mol. The zero-order valence-corrected chi connectivity index (χ0v) is 15.3. The van der Waals surface area contributed by atoms with Crippen LogP contribution in [0.5, 0.6) is 0 Å². The largest absolute Gasteiger partial charge is 0.356 e. The van der Waals surface area contributed by atoms with Gasteiger partial charge in [-0.2, -0.15) is 0 Å². The first-order chi connectivity index (χ1) is 13.0. The minimum Gasteiger partial charge on any atom is -0.356 e. The van der Waals surface area contributed by atoms with E-state index in [0.717, 1.165) is 43.9 Å². The van der Waals surface area contributed by atoms with Crippen LogP contribution < -0.4 is 4.90 Å². The highest BCUT2D eigenvalue weighted by molar-refractivity contribution is 6.29. The lowest BCUT2D eigenvalue weighted by Crippen LogP contribution is -2.19. The van der Waals surface area contributed by atoms with E-state index in [1.807, 2.05) is 0 Å². The summed E-state index contributed by atoms with van der Waals surface area (Å²) in [5.41, 5.74) is 1.70. The van der Waals surface area contributed by atoms with Gasteiger partial charge in [0.25, 0.3) is 0 Å². The van der Waals surface area contributed by atoms with E-state index in [4.69, 9.17) is 11.6 Å². The van der Waals surface area contributed by atoms with Crippen molar-refractivity contribution in [1.82, 2.24) is 19.9 Å². The summed E-state index contributed by atoms with van der Waals surface area (Å²) < 4.78 is 26.8. The molecule has 5 nitrogen and oxygen atoms in total. The molecule has 2 aromatic heterocycles. The highest BCUT2D eigenvalue weighted by Crippen LogP contribution is 2.22. The van der Waals surface area contributed by atoms with Crippen molar-refractivity contribution in [3.63, 3.8) is 0 Å². The zero-order chi connectivity index (χ0) is 19.0. The molecule has 0 saturated carbocycles. The summed E-state index contributed by atoms with van der Waals surface area (Å²) >= 11 is 6.13. The molecule has 27 heavy (non-hydrogen) atoms. The van der Waals surface area contributed by atoms with Gasteiger partial charge in [0.2, 0.25) is 0 Å². The van der Waals surface area contributed by atoms with Crippen molar-refractivity contribution in [2.45, 2.75) is 19.8 Å². The van der Waals surface area contributed by atoms with Gasteiger partial charge in [-0.1, -0.05) is 11.6 Å². The first-order valence-corrected chi connectivity index (χ1v) is 8.98. The SMILES string of the molecule is Cc1nc2cc(F)c(F)cc2nc1/C=C/c1nc(Cl)cc(N2CCCC2)n1. The lowest BCUT2D eigenvalue weighted by Gasteiger charge is -2.16. The summed E-state index contributed by atoms with van der Waals surface area (Å²) in [6.07, 6.45) is 5.66. The van der Waals surface area contributed by atoms with E-state index >= 15 is 0 Å². The van der Waals surface area contributed by atoms with Crippen molar-refractivity contribution >= 4 is 40.6 Å². The number of aromatic nitrogens is 4. The Morgan fingerprint density at radius 3 is 2.30 bits per heavy atom. The highest BCUT2D eigenvalue weighted by Gasteiger charge is 2.15. The molecule has 3 heterocycles. The van der Waals surface area contributed by atoms with Crippen LogP contribution in [0.2, 0.25) is 5.15 Å². The van der Waals surface area contributed by atoms with Gasteiger partial charge in [0.05, 0.1) is 22.4 Å². The van der Waals surface area contributed by atoms with Crippen molar-refractivity contribution in [3.05, 3.63) is 52.2 Å². The Labute approximate surface area is 159 Å². The van der Waals surface area contributed by atoms with Crippen LogP contribution in [0, 0.1) is 18.6 Å². The van der Waals surface area contributed by atoms with Gasteiger partial charge in [0, 0.05) is 31.3 Å². The van der Waals surface area contributed by atoms with Crippen LogP contribution in [0.15, 0.2) is 18.2 Å². The number of hydrogen-bond acceptors (Lipinski definition) is 5. The summed E-state index contributed by atoms with van der Waals surface area (Å²) in [6.45, 7) is 3.66. The second kappa shape index (κ2) is 7.15. The second-order valence-corrected chi connectivity index (χ2v) is 6.77. The normalized spacial score (nSPS) is 14.6. The third kappa shape index (κ3) is 3.73. The summed E-state index contributed by atoms with van der Waals surface area (Å²) in [7, 11) is 0. The molecule has 0 amide bonds. The number of anilines is 1. The van der Waals surface area contributed by atoms with Crippen LogP contribution >= 0.6 is 11.6 Å². The quantitative estimate of drug-likeness (QED) is 0.622. The Bertz CT molecular complexity index is 1050. The minimum atomic E-state index is -0.955. The monoisotopic (exact) mass is 387 g/mol. The van der Waals surface area contributed by atoms with Gasteiger partial charge in [-0.15, -0.1) is 0 Å². The van der Waals surface area contributed by atoms with Crippen LogP contribution in [0.25, 0.3) is 23.2 Å². The molecule has 0 spiro atoms. The third-order valence-electron chi connectivity index (χ3n) is 4.44. The molecule has 0 radical (unpaired) electrons. The lowest BCUT2D eigenvalue weighted by molar-refractivity contribution is 0.510. The van der Waals surface area contributed by atoms with Gasteiger partial charge in [-0.3, -0.25) is 0 Å². The first-order valence-electron chi connectivity index (χ1n) is 8.60. The molecule has 1 fully saturated rings. The maximum absolute atomic E-state index is 13.5. The fourth-order valence-corrected chi connectivity index (χ4v) is 3.25. The highest BCUT2D eigenvalue weighted by atomic mass is 35.5. The average Bonchev–Trinajstić information content (AvgIpc) is 3.16. The molecule has 138 valence electrons. The number of rotatable bonds is 3. The Balaban J connectivity index is 1.68. The smallest absolute Gasteiger partial charge is 0.161 e. The predicted octanol–water partition coefficient (Wildman–Crippen LogP) is 4.43. The second-order valence-electron chi connectivity index (χ2n) is 6.38. The standard InChI is InChI=1S/C19H16ClF2N5/c1-11-14(24-16-9-13(22)12(21)8-15(16)23-11)4-5-18-25-17(20)10-19(26-18)27-6-2-3-7-27/h4-5,8-10H,2-3,6-7H2,1H3/b5-4+. The molecule has 0 unspecified atom stereocenters. The molecular formula is C19H16ClF2N5. The number of hydrogen-bond donors (Lipinski definition) is 0. The van der Waals surface area contributed by atoms with Crippen molar-refractivity contribution in [1.29, 1.82) is 0 Å². The van der Waals surface area contributed by atoms with E-state index in [1.54, 1.807) is 25.1 Å². The van der Waals surface area contributed by atoms with Gasteiger partial charge in [-0.05, 0) is 31.9 Å². The van der Waals surface area contributed by atoms with Gasteiger partial charge in [-0.25, -0.2) is 28.7 Å². The number of aryl methyl sites for hydroxylation is 1. The van der Waals surface area contributed by atoms with Crippen LogP contribution in [0.4, 0.5) is 14.6 Å². The fourth-order valence-electron chi connectivity index (χ4n) is 3.07. The number of fused-ring (bicyclic) bond motifs is 1. The van der Waals surface area contributed by atoms with E-state index in [9.17, 15) is 8.78 Å². The Hall–Kier alpha value is -2.67. The van der Waals surface area contributed by atoms with Crippen molar-refractivity contribution in [3.8, 4) is 0 Å². The number of halogens is 3.